The summed E-state index contributed by atoms with van der Waals surface area (Å²) in [6, 6.07) is 72.5. The van der Waals surface area contributed by atoms with Crippen LogP contribution in [0.1, 0.15) is 0 Å². The summed E-state index contributed by atoms with van der Waals surface area (Å²) in [6.45, 7) is 0. The molecule has 14 aromatic rings. The van der Waals surface area contributed by atoms with Crippen LogP contribution >= 0.6 is 0 Å². The van der Waals surface area contributed by atoms with Gasteiger partial charge in [0.15, 0.2) is 0 Å². The van der Waals surface area contributed by atoms with Crippen molar-refractivity contribution in [2.24, 2.45) is 0 Å². The van der Waals surface area contributed by atoms with E-state index < -0.39 is 0 Å². The van der Waals surface area contributed by atoms with Crippen LogP contribution in [0.15, 0.2) is 194 Å². The van der Waals surface area contributed by atoms with Gasteiger partial charge in [0, 0.05) is 32.3 Å². The Morgan fingerprint density at radius 3 is 1.07 bits per heavy atom. The van der Waals surface area contributed by atoms with Crippen LogP contribution in [0.3, 0.4) is 0 Å². The molecule has 2 heteroatoms. The molecule has 58 heavy (non-hydrogen) atoms. The summed E-state index contributed by atoms with van der Waals surface area (Å²) >= 11 is 0. The van der Waals surface area contributed by atoms with Crippen molar-refractivity contribution in [3.8, 4) is 22.5 Å². The molecule has 266 valence electrons. The van der Waals surface area contributed by atoms with Crippen LogP contribution in [0.25, 0.3) is 131 Å². The summed E-state index contributed by atoms with van der Waals surface area (Å²) in [5, 5.41) is 20.5. The number of hydrogen-bond donors (Lipinski definition) is 0. The first-order valence-corrected chi connectivity index (χ1v) is 20.2. The summed E-state index contributed by atoms with van der Waals surface area (Å²) in [5.74, 6) is 0. The number of hydrogen-bond acceptors (Lipinski definition) is 0. The van der Waals surface area contributed by atoms with Crippen molar-refractivity contribution in [2.75, 3.05) is 0 Å². The normalized spacial score (nSPS) is 12.5. The number of nitrogens with zero attached hydrogens (tertiary/aromatic N) is 2. The van der Waals surface area contributed by atoms with Crippen LogP contribution in [-0.2, 0) is 0 Å². The van der Waals surface area contributed by atoms with Gasteiger partial charge in [0.1, 0.15) is 0 Å². The number of benzene rings is 12. The molecule has 0 saturated carbocycles. The van der Waals surface area contributed by atoms with E-state index in [0.29, 0.717) is 0 Å². The molecular weight excluding hydrogens is 701 g/mol. The fourth-order valence-corrected chi connectivity index (χ4v) is 10.8. The molecule has 0 radical (unpaired) electrons. The van der Waals surface area contributed by atoms with Gasteiger partial charge in [-0.1, -0.05) is 158 Å². The van der Waals surface area contributed by atoms with Crippen molar-refractivity contribution < 1.29 is 0 Å². The largest absolute Gasteiger partial charge is 0.309 e. The summed E-state index contributed by atoms with van der Waals surface area (Å²) in [7, 11) is 0. The zero-order valence-corrected chi connectivity index (χ0v) is 31.4. The third-order valence-electron chi connectivity index (χ3n) is 13.2. The van der Waals surface area contributed by atoms with Crippen LogP contribution in [0.5, 0.6) is 0 Å². The molecule has 0 saturated heterocycles. The molecule has 12 aromatic carbocycles. The monoisotopic (exact) mass is 732 g/mol. The standard InChI is InChI=1S/C56H32N2/c1-3-15-37-35(11-1)31-51(43-19-7-5-17-39(37)43)57-47-21-9-13-33-23-25-45-41(27-29-49(57)55(45)53(33)47)42-28-30-50-56-46(42)26-24-34-14-10-22-48(54(34)56)58(50)52-32-36-12-2-4-16-38(36)40-18-6-8-20-44(40)52/h1-32H. The van der Waals surface area contributed by atoms with Gasteiger partial charge in [-0.25, -0.2) is 0 Å². The van der Waals surface area contributed by atoms with Gasteiger partial charge in [-0.3, -0.25) is 0 Å². The lowest BCUT2D eigenvalue weighted by Gasteiger charge is -2.15. The molecular formula is C56H32N2. The second kappa shape index (κ2) is 11.0. The predicted octanol–water partition coefficient (Wildman–Crippen LogP) is 15.3. The molecule has 0 aliphatic heterocycles. The molecule has 0 fully saturated rings. The minimum atomic E-state index is 1.22. The summed E-state index contributed by atoms with van der Waals surface area (Å²) < 4.78 is 5.04. The first-order chi connectivity index (χ1) is 28.8. The van der Waals surface area contributed by atoms with Gasteiger partial charge in [0.05, 0.1) is 33.4 Å². The van der Waals surface area contributed by atoms with E-state index in [4.69, 9.17) is 0 Å². The average molecular weight is 733 g/mol. The van der Waals surface area contributed by atoms with E-state index in [2.05, 4.69) is 203 Å². The van der Waals surface area contributed by atoms with Crippen molar-refractivity contribution in [2.45, 2.75) is 0 Å². The molecule has 0 spiro atoms. The van der Waals surface area contributed by atoms with Crippen molar-refractivity contribution in [3.63, 3.8) is 0 Å². The van der Waals surface area contributed by atoms with E-state index in [9.17, 15) is 0 Å². The van der Waals surface area contributed by atoms with Crippen LogP contribution in [0.2, 0.25) is 0 Å². The van der Waals surface area contributed by atoms with E-state index >= 15 is 0 Å². The molecule has 2 nitrogen and oxygen atoms in total. The lowest BCUT2D eigenvalue weighted by atomic mass is 9.90. The lowest BCUT2D eigenvalue weighted by Crippen LogP contribution is -1.96. The fraction of sp³-hybridized carbons (Fsp3) is 0. The van der Waals surface area contributed by atoms with Gasteiger partial charge in [-0.15, -0.1) is 0 Å². The number of fused-ring (bicyclic) bond motifs is 6. The Hall–Kier alpha value is -7.68. The first kappa shape index (κ1) is 30.5. The molecule has 0 atom stereocenters. The molecule has 0 bridgehead atoms. The van der Waals surface area contributed by atoms with Crippen LogP contribution in [0, 0.1) is 0 Å². The second-order valence-electron chi connectivity index (χ2n) is 16.0. The number of rotatable bonds is 3. The highest BCUT2D eigenvalue weighted by atomic mass is 15.0. The Morgan fingerprint density at radius 1 is 0.224 bits per heavy atom. The maximum absolute atomic E-state index is 2.52. The highest BCUT2D eigenvalue weighted by Gasteiger charge is 2.24. The summed E-state index contributed by atoms with van der Waals surface area (Å²) in [5.41, 5.74) is 9.90. The molecule has 14 rings (SSSR count). The minimum absolute atomic E-state index is 1.22. The van der Waals surface area contributed by atoms with Gasteiger partial charge in [-0.05, 0) is 101 Å². The minimum Gasteiger partial charge on any atom is -0.309 e. The quantitative estimate of drug-likeness (QED) is 0.160. The van der Waals surface area contributed by atoms with Crippen LogP contribution in [0.4, 0.5) is 0 Å². The molecule has 0 N–H and O–H groups in total. The molecule has 0 amide bonds. The van der Waals surface area contributed by atoms with Crippen LogP contribution < -0.4 is 0 Å². The zero-order valence-electron chi connectivity index (χ0n) is 31.4. The Bertz CT molecular complexity index is 3760. The van der Waals surface area contributed by atoms with Gasteiger partial charge < -0.3 is 9.13 Å². The maximum Gasteiger partial charge on any atom is 0.0548 e. The van der Waals surface area contributed by atoms with E-state index in [0.717, 1.165) is 0 Å². The zero-order chi connectivity index (χ0) is 37.6. The maximum atomic E-state index is 2.52. The SMILES string of the molecule is c1ccc2c(c1)cc(-n1c3cccc4ccc5c(-c6ccc7c8c6ccc6cccc(c68)n7-c6cc7ccccc7c7ccccc67)ccc1c5c43)c1ccccc12. The Labute approximate surface area is 332 Å². The highest BCUT2D eigenvalue weighted by molar-refractivity contribution is 6.31. The smallest absolute Gasteiger partial charge is 0.0548 e. The van der Waals surface area contributed by atoms with Crippen molar-refractivity contribution >= 4 is 108 Å². The number of aromatic nitrogens is 2. The van der Waals surface area contributed by atoms with E-state index in [1.54, 1.807) is 0 Å². The van der Waals surface area contributed by atoms with Crippen molar-refractivity contribution in [3.05, 3.63) is 194 Å². The Kier molecular flexibility index (Phi) is 5.79. The molecule has 2 aromatic heterocycles. The van der Waals surface area contributed by atoms with Crippen molar-refractivity contribution in [1.82, 2.24) is 9.13 Å². The van der Waals surface area contributed by atoms with Gasteiger partial charge in [0.25, 0.3) is 0 Å². The fourth-order valence-electron chi connectivity index (χ4n) is 10.8. The predicted molar refractivity (Wildman–Crippen MR) is 248 cm³/mol. The molecule has 0 aliphatic rings. The lowest BCUT2D eigenvalue weighted by molar-refractivity contribution is 1.20. The van der Waals surface area contributed by atoms with E-state index in [1.807, 2.05) is 0 Å². The van der Waals surface area contributed by atoms with Gasteiger partial charge in [0.2, 0.25) is 0 Å². The van der Waals surface area contributed by atoms with Crippen LogP contribution in [-0.4, -0.2) is 9.13 Å². The second-order valence-corrected chi connectivity index (χ2v) is 16.0. The Morgan fingerprint density at radius 2 is 0.603 bits per heavy atom. The van der Waals surface area contributed by atoms with Gasteiger partial charge >= 0.3 is 0 Å². The average Bonchev–Trinajstić information content (AvgIpc) is 3.81. The Balaban J connectivity index is 1.07. The third kappa shape index (κ3) is 3.82. The summed E-state index contributed by atoms with van der Waals surface area (Å²) in [6.07, 6.45) is 0. The van der Waals surface area contributed by atoms with Gasteiger partial charge in [-0.2, -0.15) is 0 Å². The van der Waals surface area contributed by atoms with E-state index in [1.165, 1.54) is 131 Å². The molecule has 0 aliphatic carbocycles. The topological polar surface area (TPSA) is 9.86 Å². The first-order valence-electron chi connectivity index (χ1n) is 20.2. The summed E-state index contributed by atoms with van der Waals surface area (Å²) in [4.78, 5) is 0. The highest BCUT2D eigenvalue weighted by Crippen LogP contribution is 2.48. The molecule has 2 heterocycles. The molecule has 0 unspecified atom stereocenters. The third-order valence-corrected chi connectivity index (χ3v) is 13.2. The van der Waals surface area contributed by atoms with E-state index in [-0.39, 0.29) is 0 Å². The van der Waals surface area contributed by atoms with Crippen molar-refractivity contribution in [1.29, 1.82) is 0 Å².